The maximum absolute atomic E-state index is 5.68. The van der Waals surface area contributed by atoms with Crippen molar-refractivity contribution in [2.45, 2.75) is 13.5 Å². The van der Waals surface area contributed by atoms with Crippen LogP contribution in [-0.4, -0.2) is 0 Å². The summed E-state index contributed by atoms with van der Waals surface area (Å²) in [5.74, 6) is 0.930. The molecule has 0 aliphatic carbocycles. The highest BCUT2D eigenvalue weighted by Gasteiger charge is 1.99. The number of rotatable bonds is 3. The Hall–Kier alpha value is -0.800. The van der Waals surface area contributed by atoms with Crippen molar-refractivity contribution in [3.8, 4) is 5.75 Å². The molecule has 2 rings (SSSR count). The monoisotopic (exact) mass is 282 g/mol. The van der Waals surface area contributed by atoms with Crippen LogP contribution in [0.15, 0.2) is 40.2 Å². The van der Waals surface area contributed by atoms with Crippen LogP contribution in [0.4, 0.5) is 0 Å². The van der Waals surface area contributed by atoms with Gasteiger partial charge in [-0.05, 0) is 46.6 Å². The number of thiophene rings is 1. The summed E-state index contributed by atoms with van der Waals surface area (Å²) >= 11 is 5.13. The lowest BCUT2D eigenvalue weighted by Crippen LogP contribution is -1.92. The highest BCUT2D eigenvalue weighted by atomic mass is 79.9. The van der Waals surface area contributed by atoms with E-state index >= 15 is 0 Å². The van der Waals surface area contributed by atoms with Crippen molar-refractivity contribution in [3.05, 3.63) is 50.6 Å². The van der Waals surface area contributed by atoms with E-state index in [-0.39, 0.29) is 0 Å². The number of halogens is 1. The lowest BCUT2D eigenvalue weighted by molar-refractivity contribution is 0.309. The number of benzene rings is 1. The molecule has 1 aromatic heterocycles. The van der Waals surface area contributed by atoms with Crippen LogP contribution < -0.4 is 4.74 Å². The molecule has 1 nitrogen and oxygen atoms in total. The Kier molecular flexibility index (Phi) is 3.44. The van der Waals surface area contributed by atoms with E-state index in [4.69, 9.17) is 4.74 Å². The Morgan fingerprint density at radius 2 is 2.20 bits per heavy atom. The molecule has 0 atom stereocenters. The number of hydrogen-bond donors (Lipinski definition) is 0. The molecule has 15 heavy (non-hydrogen) atoms. The highest BCUT2D eigenvalue weighted by Crippen LogP contribution is 2.21. The maximum Gasteiger partial charge on any atom is 0.122 e. The van der Waals surface area contributed by atoms with Gasteiger partial charge in [-0.3, -0.25) is 0 Å². The van der Waals surface area contributed by atoms with Crippen molar-refractivity contribution < 1.29 is 4.74 Å². The van der Waals surface area contributed by atoms with Crippen LogP contribution in [0.3, 0.4) is 0 Å². The van der Waals surface area contributed by atoms with Crippen LogP contribution in [0.5, 0.6) is 5.75 Å². The summed E-state index contributed by atoms with van der Waals surface area (Å²) in [6, 6.07) is 10.2. The van der Waals surface area contributed by atoms with E-state index in [1.54, 1.807) is 11.3 Å². The summed E-state index contributed by atoms with van der Waals surface area (Å²) in [7, 11) is 0. The average molecular weight is 283 g/mol. The summed E-state index contributed by atoms with van der Waals surface area (Å²) < 4.78 is 6.80. The van der Waals surface area contributed by atoms with Crippen molar-refractivity contribution in [3.63, 3.8) is 0 Å². The smallest absolute Gasteiger partial charge is 0.122 e. The maximum atomic E-state index is 5.68. The van der Waals surface area contributed by atoms with Gasteiger partial charge in [0.15, 0.2) is 0 Å². The molecule has 0 N–H and O–H groups in total. The van der Waals surface area contributed by atoms with Crippen LogP contribution in [0, 0.1) is 6.92 Å². The summed E-state index contributed by atoms with van der Waals surface area (Å²) in [5.41, 5.74) is 1.22. The molecule has 0 spiro atoms. The topological polar surface area (TPSA) is 9.23 Å². The normalized spacial score (nSPS) is 10.3. The molecule has 1 aromatic carbocycles. The van der Waals surface area contributed by atoms with Gasteiger partial charge in [-0.2, -0.15) is 0 Å². The Balaban J connectivity index is 1.99. The third kappa shape index (κ3) is 3.08. The summed E-state index contributed by atoms with van der Waals surface area (Å²) in [5, 5.41) is 2.06. The fourth-order valence-corrected chi connectivity index (χ4v) is 2.65. The van der Waals surface area contributed by atoms with Gasteiger partial charge in [0.2, 0.25) is 0 Å². The van der Waals surface area contributed by atoms with Gasteiger partial charge in [0.05, 0.1) is 0 Å². The van der Waals surface area contributed by atoms with Gasteiger partial charge < -0.3 is 4.74 Å². The van der Waals surface area contributed by atoms with E-state index in [2.05, 4.69) is 40.4 Å². The van der Waals surface area contributed by atoms with E-state index in [0.29, 0.717) is 6.61 Å². The van der Waals surface area contributed by atoms with Gasteiger partial charge in [0, 0.05) is 14.7 Å². The number of ether oxygens (including phenoxy) is 1. The van der Waals surface area contributed by atoms with E-state index in [9.17, 15) is 0 Å². The molecule has 2 aromatic rings. The third-order valence-electron chi connectivity index (χ3n) is 1.99. The van der Waals surface area contributed by atoms with E-state index in [1.165, 1.54) is 10.4 Å². The Morgan fingerprint density at radius 3 is 2.87 bits per heavy atom. The molecule has 0 aliphatic heterocycles. The molecule has 0 saturated carbocycles. The quantitative estimate of drug-likeness (QED) is 0.811. The third-order valence-corrected chi connectivity index (χ3v) is 3.66. The minimum atomic E-state index is 0.639. The zero-order valence-electron chi connectivity index (χ0n) is 8.37. The predicted octanol–water partition coefficient (Wildman–Crippen LogP) is 4.40. The van der Waals surface area contributed by atoms with Gasteiger partial charge in [-0.15, -0.1) is 11.3 Å². The van der Waals surface area contributed by atoms with Gasteiger partial charge >= 0.3 is 0 Å². The second-order valence-electron chi connectivity index (χ2n) is 3.34. The zero-order chi connectivity index (χ0) is 10.7. The Morgan fingerprint density at radius 1 is 1.33 bits per heavy atom. The van der Waals surface area contributed by atoms with Crippen molar-refractivity contribution in [2.75, 3.05) is 0 Å². The molecule has 0 bridgehead atoms. The molecule has 0 aliphatic rings. The summed E-state index contributed by atoms with van der Waals surface area (Å²) in [4.78, 5) is 1.23. The highest BCUT2D eigenvalue weighted by molar-refractivity contribution is 9.10. The first kappa shape index (κ1) is 10.7. The molecule has 3 heteroatoms. The number of aryl methyl sites for hydroxylation is 1. The molecular formula is C12H11BrOS. The molecular weight excluding hydrogens is 272 g/mol. The lowest BCUT2D eigenvalue weighted by Gasteiger charge is -2.04. The average Bonchev–Trinajstić information content (AvgIpc) is 2.62. The van der Waals surface area contributed by atoms with Gasteiger partial charge in [0.25, 0.3) is 0 Å². The van der Waals surface area contributed by atoms with Crippen LogP contribution >= 0.6 is 27.3 Å². The second kappa shape index (κ2) is 4.81. The fourth-order valence-electron chi connectivity index (χ4n) is 1.29. The molecule has 0 fully saturated rings. The lowest BCUT2D eigenvalue weighted by atomic mass is 10.2. The van der Waals surface area contributed by atoms with Crippen LogP contribution in [0.2, 0.25) is 0 Å². The van der Waals surface area contributed by atoms with E-state index in [0.717, 1.165) is 10.2 Å². The van der Waals surface area contributed by atoms with Crippen LogP contribution in [-0.2, 0) is 6.61 Å². The van der Waals surface area contributed by atoms with Gasteiger partial charge in [0.1, 0.15) is 12.4 Å². The molecule has 0 radical (unpaired) electrons. The zero-order valence-corrected chi connectivity index (χ0v) is 10.8. The SMILES string of the molecule is Cc1cccc(OCc2cc(Br)cs2)c1. The summed E-state index contributed by atoms with van der Waals surface area (Å²) in [6.45, 7) is 2.70. The molecule has 0 unspecified atom stereocenters. The predicted molar refractivity (Wildman–Crippen MR) is 67.5 cm³/mol. The molecule has 0 saturated heterocycles. The van der Waals surface area contributed by atoms with E-state index in [1.807, 2.05) is 18.2 Å². The Bertz CT molecular complexity index is 450. The van der Waals surface area contributed by atoms with E-state index < -0.39 is 0 Å². The first-order chi connectivity index (χ1) is 7.24. The minimum absolute atomic E-state index is 0.639. The Labute approximate surface area is 102 Å². The van der Waals surface area contributed by atoms with Crippen molar-refractivity contribution in [2.24, 2.45) is 0 Å². The largest absolute Gasteiger partial charge is 0.488 e. The molecule has 1 heterocycles. The van der Waals surface area contributed by atoms with Crippen LogP contribution in [0.1, 0.15) is 10.4 Å². The first-order valence-corrected chi connectivity index (χ1v) is 6.34. The second-order valence-corrected chi connectivity index (χ2v) is 5.25. The van der Waals surface area contributed by atoms with Gasteiger partial charge in [-0.1, -0.05) is 12.1 Å². The number of hydrogen-bond acceptors (Lipinski definition) is 2. The van der Waals surface area contributed by atoms with Crippen molar-refractivity contribution in [1.82, 2.24) is 0 Å². The van der Waals surface area contributed by atoms with Crippen LogP contribution in [0.25, 0.3) is 0 Å². The summed E-state index contributed by atoms with van der Waals surface area (Å²) in [6.07, 6.45) is 0. The molecule has 0 amide bonds. The first-order valence-electron chi connectivity index (χ1n) is 4.66. The fraction of sp³-hybridized carbons (Fsp3) is 0.167. The van der Waals surface area contributed by atoms with Crippen molar-refractivity contribution >= 4 is 27.3 Å². The molecule has 78 valence electrons. The standard InChI is InChI=1S/C12H11BrOS/c1-9-3-2-4-11(5-9)14-7-12-6-10(13)8-15-12/h2-6,8H,7H2,1H3. The minimum Gasteiger partial charge on any atom is -0.488 e. The van der Waals surface area contributed by atoms with Crippen molar-refractivity contribution in [1.29, 1.82) is 0 Å². The van der Waals surface area contributed by atoms with Gasteiger partial charge in [-0.25, -0.2) is 0 Å².